The third kappa shape index (κ3) is 4.26. The van der Waals surface area contributed by atoms with Gasteiger partial charge in [-0.3, -0.25) is 4.79 Å². The Morgan fingerprint density at radius 1 is 1.26 bits per heavy atom. The van der Waals surface area contributed by atoms with E-state index in [-0.39, 0.29) is 11.3 Å². The zero-order valence-corrected chi connectivity index (χ0v) is 17.8. The van der Waals surface area contributed by atoms with Crippen LogP contribution in [0.15, 0.2) is 23.2 Å². The summed E-state index contributed by atoms with van der Waals surface area (Å²) in [7, 11) is 3.13. The number of benzene rings is 1. The first-order valence-corrected chi connectivity index (χ1v) is 10.1. The highest BCUT2D eigenvalue weighted by atomic mass is 32.1. The summed E-state index contributed by atoms with van der Waals surface area (Å²) in [6, 6.07) is 5.19. The van der Waals surface area contributed by atoms with E-state index in [0.29, 0.717) is 23.0 Å². The number of methoxy groups -OCH3 is 2. The molecule has 2 aromatic rings. The van der Waals surface area contributed by atoms with Crippen molar-refractivity contribution in [1.82, 2.24) is 4.57 Å². The number of amides is 1. The Balaban J connectivity index is 2.09. The standard InChI is InChI=1S/C21H28N2O3S/c1-13-18(21(2,3)4)27-20(23(13)12-14-7-8-14)22-19(24)16-11-15(25-5)9-10-17(16)26-6/h9-11,14H,7-8,12H2,1-6H3. The first-order valence-electron chi connectivity index (χ1n) is 9.26. The minimum atomic E-state index is -0.308. The molecule has 0 atom stereocenters. The molecule has 1 amide bonds. The Morgan fingerprint density at radius 3 is 2.52 bits per heavy atom. The van der Waals surface area contributed by atoms with Crippen molar-refractivity contribution in [3.63, 3.8) is 0 Å². The molecule has 1 aromatic heterocycles. The number of rotatable bonds is 5. The highest BCUT2D eigenvalue weighted by Gasteiger charge is 2.27. The van der Waals surface area contributed by atoms with E-state index in [0.717, 1.165) is 11.3 Å². The fourth-order valence-corrected chi connectivity index (χ4v) is 4.36. The topological polar surface area (TPSA) is 52.8 Å². The Labute approximate surface area is 164 Å². The molecule has 27 heavy (non-hydrogen) atoms. The number of thiazole rings is 1. The fraction of sp³-hybridized carbons (Fsp3) is 0.524. The molecular formula is C21H28N2O3S. The molecule has 0 spiro atoms. The summed E-state index contributed by atoms with van der Waals surface area (Å²) in [6.07, 6.45) is 2.51. The Morgan fingerprint density at radius 2 is 1.96 bits per heavy atom. The lowest BCUT2D eigenvalue weighted by Gasteiger charge is -2.17. The maximum Gasteiger partial charge on any atom is 0.283 e. The number of carbonyl (C=O) groups excluding carboxylic acids is 1. The molecule has 0 saturated heterocycles. The molecule has 1 heterocycles. The van der Waals surface area contributed by atoms with Crippen molar-refractivity contribution in [3.05, 3.63) is 39.1 Å². The van der Waals surface area contributed by atoms with Gasteiger partial charge in [-0.1, -0.05) is 20.8 Å². The Hall–Kier alpha value is -2.08. The molecule has 3 rings (SSSR count). The van der Waals surface area contributed by atoms with E-state index in [1.54, 1.807) is 43.8 Å². The van der Waals surface area contributed by atoms with Crippen LogP contribution in [-0.4, -0.2) is 24.7 Å². The molecule has 0 aliphatic heterocycles. The van der Waals surface area contributed by atoms with E-state index in [1.165, 1.54) is 23.4 Å². The Bertz CT molecular complexity index is 914. The van der Waals surface area contributed by atoms with Crippen molar-refractivity contribution in [3.8, 4) is 11.5 Å². The van der Waals surface area contributed by atoms with Gasteiger partial charge < -0.3 is 14.0 Å². The number of hydrogen-bond acceptors (Lipinski definition) is 4. The van der Waals surface area contributed by atoms with Crippen molar-refractivity contribution in [2.24, 2.45) is 10.9 Å². The summed E-state index contributed by atoms with van der Waals surface area (Å²) in [4.78, 5) is 19.5. The van der Waals surface area contributed by atoms with Crippen LogP contribution in [0, 0.1) is 12.8 Å². The largest absolute Gasteiger partial charge is 0.497 e. The summed E-state index contributed by atoms with van der Waals surface area (Å²) in [5.74, 6) is 1.50. The lowest BCUT2D eigenvalue weighted by atomic mass is 9.93. The van der Waals surface area contributed by atoms with Gasteiger partial charge in [0.1, 0.15) is 11.5 Å². The molecule has 6 heteroatoms. The maximum atomic E-state index is 13.0. The van der Waals surface area contributed by atoms with Gasteiger partial charge in [0.05, 0.1) is 19.8 Å². The fourth-order valence-electron chi connectivity index (χ4n) is 3.17. The SMILES string of the molecule is COc1ccc(OC)c(C(=O)N=c2sc(C(C)(C)C)c(C)n2CC2CC2)c1. The van der Waals surface area contributed by atoms with Crippen molar-refractivity contribution in [1.29, 1.82) is 0 Å². The van der Waals surface area contributed by atoms with E-state index in [2.05, 4.69) is 37.3 Å². The van der Waals surface area contributed by atoms with Gasteiger partial charge in [-0.15, -0.1) is 11.3 Å². The van der Waals surface area contributed by atoms with Crippen LogP contribution >= 0.6 is 11.3 Å². The molecular weight excluding hydrogens is 360 g/mol. The zero-order chi connectivity index (χ0) is 19.8. The van der Waals surface area contributed by atoms with Gasteiger partial charge in [-0.25, -0.2) is 0 Å². The van der Waals surface area contributed by atoms with Crippen molar-refractivity contribution in [2.75, 3.05) is 14.2 Å². The number of hydrogen-bond donors (Lipinski definition) is 0. The maximum absolute atomic E-state index is 13.0. The summed E-state index contributed by atoms with van der Waals surface area (Å²) >= 11 is 1.61. The van der Waals surface area contributed by atoms with Gasteiger partial charge in [-0.05, 0) is 49.3 Å². The minimum absolute atomic E-state index is 0.0184. The summed E-state index contributed by atoms with van der Waals surface area (Å²) in [5, 5.41) is 0. The lowest BCUT2D eigenvalue weighted by molar-refractivity contribution is 0.0994. The molecule has 146 valence electrons. The van der Waals surface area contributed by atoms with Gasteiger partial charge in [0.15, 0.2) is 4.80 Å². The van der Waals surface area contributed by atoms with E-state index in [4.69, 9.17) is 9.47 Å². The van der Waals surface area contributed by atoms with Crippen LogP contribution in [0.1, 0.15) is 54.5 Å². The second-order valence-corrected chi connectivity index (χ2v) is 9.06. The number of nitrogens with zero attached hydrogens (tertiary/aromatic N) is 2. The van der Waals surface area contributed by atoms with Crippen LogP contribution in [0.4, 0.5) is 0 Å². The summed E-state index contributed by atoms with van der Waals surface area (Å²) in [5.41, 5.74) is 1.64. The monoisotopic (exact) mass is 388 g/mol. The minimum Gasteiger partial charge on any atom is -0.497 e. The molecule has 0 unspecified atom stereocenters. The van der Waals surface area contributed by atoms with Crippen LogP contribution in [0.5, 0.6) is 11.5 Å². The first kappa shape index (κ1) is 19.7. The normalized spacial score (nSPS) is 15.1. The van der Waals surface area contributed by atoms with Crippen LogP contribution in [0.2, 0.25) is 0 Å². The second-order valence-electron chi connectivity index (χ2n) is 8.09. The number of ether oxygens (including phenoxy) is 2. The molecule has 1 aromatic carbocycles. The summed E-state index contributed by atoms with van der Waals surface area (Å²) in [6.45, 7) is 9.66. The van der Waals surface area contributed by atoms with Crippen LogP contribution < -0.4 is 14.3 Å². The zero-order valence-electron chi connectivity index (χ0n) is 17.0. The smallest absolute Gasteiger partial charge is 0.283 e. The Kier molecular flexibility index (Phi) is 5.47. The number of aromatic nitrogens is 1. The van der Waals surface area contributed by atoms with Gasteiger partial charge in [0.25, 0.3) is 5.91 Å². The van der Waals surface area contributed by atoms with Gasteiger partial charge in [-0.2, -0.15) is 4.99 Å². The molecule has 0 N–H and O–H groups in total. The first-order chi connectivity index (χ1) is 12.7. The predicted molar refractivity (Wildman–Crippen MR) is 108 cm³/mol. The molecule has 1 saturated carbocycles. The number of carbonyl (C=O) groups is 1. The van der Waals surface area contributed by atoms with E-state index in [9.17, 15) is 4.79 Å². The average molecular weight is 389 g/mol. The highest BCUT2D eigenvalue weighted by Crippen LogP contribution is 2.33. The van der Waals surface area contributed by atoms with Crippen molar-refractivity contribution >= 4 is 17.2 Å². The molecule has 0 bridgehead atoms. The van der Waals surface area contributed by atoms with E-state index < -0.39 is 0 Å². The second kappa shape index (κ2) is 7.50. The molecule has 1 fully saturated rings. The van der Waals surface area contributed by atoms with Crippen LogP contribution in [0.3, 0.4) is 0 Å². The van der Waals surface area contributed by atoms with Gasteiger partial charge in [0.2, 0.25) is 0 Å². The van der Waals surface area contributed by atoms with Crippen LogP contribution in [-0.2, 0) is 12.0 Å². The van der Waals surface area contributed by atoms with Crippen LogP contribution in [0.25, 0.3) is 0 Å². The van der Waals surface area contributed by atoms with Gasteiger partial charge in [0, 0.05) is 17.1 Å². The third-order valence-corrected chi connectivity index (χ3v) is 6.42. The molecule has 0 radical (unpaired) electrons. The van der Waals surface area contributed by atoms with Crippen molar-refractivity contribution < 1.29 is 14.3 Å². The molecule has 5 nitrogen and oxygen atoms in total. The highest BCUT2D eigenvalue weighted by molar-refractivity contribution is 7.09. The average Bonchev–Trinajstić information content (AvgIpc) is 3.39. The van der Waals surface area contributed by atoms with Crippen molar-refractivity contribution in [2.45, 2.75) is 52.5 Å². The van der Waals surface area contributed by atoms with Gasteiger partial charge >= 0.3 is 0 Å². The predicted octanol–water partition coefficient (Wildman–Crippen LogP) is 4.32. The summed E-state index contributed by atoms with van der Waals surface area (Å²) < 4.78 is 12.8. The van der Waals surface area contributed by atoms with E-state index >= 15 is 0 Å². The quantitative estimate of drug-likeness (QED) is 0.766. The molecule has 1 aliphatic carbocycles. The molecule has 1 aliphatic rings. The van der Waals surface area contributed by atoms with E-state index in [1.807, 2.05) is 0 Å². The third-order valence-electron chi connectivity index (χ3n) is 4.81. The lowest BCUT2D eigenvalue weighted by Crippen LogP contribution is -2.20.